The molecule has 0 saturated carbocycles. The molecule has 0 unspecified atom stereocenters. The van der Waals surface area contributed by atoms with Crippen molar-refractivity contribution in [2.45, 2.75) is 20.1 Å². The van der Waals surface area contributed by atoms with Crippen LogP contribution >= 0.6 is 11.6 Å². The van der Waals surface area contributed by atoms with E-state index in [4.69, 9.17) is 20.8 Å². The fourth-order valence-corrected chi connectivity index (χ4v) is 3.19. The number of hydrogen-bond acceptors (Lipinski definition) is 4. The highest BCUT2D eigenvalue weighted by atomic mass is 35.5. The molecule has 2 aromatic heterocycles. The summed E-state index contributed by atoms with van der Waals surface area (Å²) in [5.41, 5.74) is 1.90. The number of halogens is 2. The maximum absolute atomic E-state index is 12.9. The number of rotatable bonds is 7. The van der Waals surface area contributed by atoms with Crippen LogP contribution in [0.2, 0.25) is 5.02 Å². The summed E-state index contributed by atoms with van der Waals surface area (Å²) in [6.07, 6.45) is 0. The second-order valence-electron chi connectivity index (χ2n) is 6.92. The van der Waals surface area contributed by atoms with E-state index in [0.29, 0.717) is 28.9 Å². The number of aryl methyl sites for hydroxylation is 1. The fourth-order valence-electron chi connectivity index (χ4n) is 2.98. The van der Waals surface area contributed by atoms with Crippen molar-refractivity contribution in [2.24, 2.45) is 0 Å². The average molecular weight is 440 g/mol. The summed E-state index contributed by atoms with van der Waals surface area (Å²) in [5.74, 6) is 0.779. The van der Waals surface area contributed by atoms with Crippen molar-refractivity contribution >= 4 is 23.3 Å². The zero-order valence-electron chi connectivity index (χ0n) is 16.6. The molecule has 0 aliphatic heterocycles. The molecule has 4 aromatic rings. The van der Waals surface area contributed by atoms with Crippen molar-refractivity contribution in [3.63, 3.8) is 0 Å². The molecule has 0 fully saturated rings. The van der Waals surface area contributed by atoms with Crippen LogP contribution in [0.3, 0.4) is 0 Å². The first-order chi connectivity index (χ1) is 15.0. The van der Waals surface area contributed by atoms with Gasteiger partial charge in [-0.25, -0.2) is 4.39 Å². The summed E-state index contributed by atoms with van der Waals surface area (Å²) >= 11 is 6.04. The number of carbonyl (C=O) groups is 1. The van der Waals surface area contributed by atoms with Gasteiger partial charge in [-0.05, 0) is 61.0 Å². The van der Waals surface area contributed by atoms with Gasteiger partial charge in [-0.3, -0.25) is 9.48 Å². The third-order valence-electron chi connectivity index (χ3n) is 4.52. The highest BCUT2D eigenvalue weighted by Gasteiger charge is 2.14. The van der Waals surface area contributed by atoms with E-state index >= 15 is 0 Å². The molecule has 6 nitrogen and oxygen atoms in total. The summed E-state index contributed by atoms with van der Waals surface area (Å²) in [7, 11) is 0. The molecule has 0 aliphatic rings. The second kappa shape index (κ2) is 9.06. The topological polar surface area (TPSA) is 69.3 Å². The third-order valence-corrected chi connectivity index (χ3v) is 4.76. The number of ether oxygens (including phenoxy) is 1. The molecule has 0 spiro atoms. The standard InChI is InChI=1S/C23H19ClFN3O3/c1-15-11-22(27-28(15)13-16-3-2-4-17(24)12-16)26-23(29)21-10-9-20(31-21)14-30-19-7-5-18(25)6-8-19/h2-12H,13-14H2,1H3,(H,26,27,29). The third kappa shape index (κ3) is 5.32. The van der Waals surface area contributed by atoms with Crippen LogP contribution in [0.1, 0.15) is 27.6 Å². The smallest absolute Gasteiger partial charge is 0.292 e. The summed E-state index contributed by atoms with van der Waals surface area (Å²) in [6, 6.07) is 18.2. The molecule has 0 bridgehead atoms. The van der Waals surface area contributed by atoms with E-state index in [1.807, 2.05) is 31.2 Å². The van der Waals surface area contributed by atoms with E-state index in [-0.39, 0.29) is 18.2 Å². The predicted octanol–water partition coefficient (Wildman–Crippen LogP) is 5.46. The molecule has 2 aromatic carbocycles. The van der Waals surface area contributed by atoms with Crippen molar-refractivity contribution in [1.82, 2.24) is 9.78 Å². The number of anilines is 1. The maximum atomic E-state index is 12.9. The summed E-state index contributed by atoms with van der Waals surface area (Å²) in [5, 5.41) is 7.83. The van der Waals surface area contributed by atoms with E-state index in [0.717, 1.165) is 11.3 Å². The molecular formula is C23H19ClFN3O3. The van der Waals surface area contributed by atoms with Crippen LogP contribution in [0.25, 0.3) is 0 Å². The molecule has 158 valence electrons. The number of hydrogen-bond donors (Lipinski definition) is 1. The summed E-state index contributed by atoms with van der Waals surface area (Å²) in [6.45, 7) is 2.56. The van der Waals surface area contributed by atoms with Gasteiger partial charge in [-0.15, -0.1) is 0 Å². The van der Waals surface area contributed by atoms with Crippen LogP contribution in [0.4, 0.5) is 10.2 Å². The average Bonchev–Trinajstić information content (AvgIpc) is 3.34. The largest absolute Gasteiger partial charge is 0.486 e. The zero-order valence-corrected chi connectivity index (χ0v) is 17.4. The molecule has 1 amide bonds. The van der Waals surface area contributed by atoms with Crippen molar-refractivity contribution in [2.75, 3.05) is 5.32 Å². The first-order valence-corrected chi connectivity index (χ1v) is 9.91. The van der Waals surface area contributed by atoms with Crippen molar-refractivity contribution in [1.29, 1.82) is 0 Å². The molecule has 4 rings (SSSR count). The van der Waals surface area contributed by atoms with Gasteiger partial charge in [0.1, 0.15) is 23.9 Å². The Morgan fingerprint density at radius 3 is 2.74 bits per heavy atom. The number of nitrogens with zero attached hydrogens (tertiary/aromatic N) is 2. The first kappa shape index (κ1) is 20.7. The first-order valence-electron chi connectivity index (χ1n) is 9.53. The summed E-state index contributed by atoms with van der Waals surface area (Å²) < 4.78 is 25.8. The molecular weight excluding hydrogens is 421 g/mol. The number of nitrogens with one attached hydrogen (secondary N) is 1. The van der Waals surface area contributed by atoms with E-state index < -0.39 is 5.91 Å². The minimum absolute atomic E-state index is 0.117. The quantitative estimate of drug-likeness (QED) is 0.415. The van der Waals surface area contributed by atoms with E-state index in [1.54, 1.807) is 22.9 Å². The number of aromatic nitrogens is 2. The number of carbonyl (C=O) groups excluding carboxylic acids is 1. The Bertz CT molecular complexity index is 1200. The van der Waals surface area contributed by atoms with E-state index in [2.05, 4.69) is 10.4 Å². The van der Waals surface area contributed by atoms with Crippen LogP contribution in [0.15, 0.2) is 71.1 Å². The lowest BCUT2D eigenvalue weighted by atomic mass is 10.2. The Morgan fingerprint density at radius 2 is 1.97 bits per heavy atom. The van der Waals surface area contributed by atoms with Gasteiger partial charge in [0.25, 0.3) is 5.91 Å². The van der Waals surface area contributed by atoms with Gasteiger partial charge in [0.05, 0.1) is 6.54 Å². The highest BCUT2D eigenvalue weighted by molar-refractivity contribution is 6.30. The Morgan fingerprint density at radius 1 is 1.16 bits per heavy atom. The van der Waals surface area contributed by atoms with Gasteiger partial charge in [-0.2, -0.15) is 5.10 Å². The minimum Gasteiger partial charge on any atom is -0.486 e. The van der Waals surface area contributed by atoms with Gasteiger partial charge < -0.3 is 14.5 Å². The lowest BCUT2D eigenvalue weighted by molar-refractivity contribution is 0.0992. The van der Waals surface area contributed by atoms with Crippen LogP contribution in [-0.2, 0) is 13.2 Å². The summed E-state index contributed by atoms with van der Waals surface area (Å²) in [4.78, 5) is 12.5. The predicted molar refractivity (Wildman–Crippen MR) is 115 cm³/mol. The van der Waals surface area contributed by atoms with Crippen LogP contribution in [0, 0.1) is 12.7 Å². The van der Waals surface area contributed by atoms with Gasteiger partial charge in [0.2, 0.25) is 0 Å². The monoisotopic (exact) mass is 439 g/mol. The van der Waals surface area contributed by atoms with Gasteiger partial charge in [0.15, 0.2) is 11.6 Å². The van der Waals surface area contributed by atoms with Crippen LogP contribution in [-0.4, -0.2) is 15.7 Å². The zero-order chi connectivity index (χ0) is 21.8. The second-order valence-corrected chi connectivity index (χ2v) is 7.36. The number of benzene rings is 2. The molecule has 2 heterocycles. The number of amides is 1. The maximum Gasteiger partial charge on any atom is 0.292 e. The molecule has 8 heteroatoms. The molecule has 0 radical (unpaired) electrons. The van der Waals surface area contributed by atoms with Crippen molar-refractivity contribution < 1.29 is 18.3 Å². The van der Waals surface area contributed by atoms with Gasteiger partial charge in [0, 0.05) is 16.8 Å². The fraction of sp³-hybridized carbons (Fsp3) is 0.130. The molecule has 1 N–H and O–H groups in total. The normalized spacial score (nSPS) is 10.8. The molecule has 0 saturated heterocycles. The molecule has 0 atom stereocenters. The van der Waals surface area contributed by atoms with Gasteiger partial charge >= 0.3 is 0 Å². The lowest BCUT2D eigenvalue weighted by Gasteiger charge is -2.05. The van der Waals surface area contributed by atoms with Crippen LogP contribution < -0.4 is 10.1 Å². The van der Waals surface area contributed by atoms with Crippen molar-refractivity contribution in [3.8, 4) is 5.75 Å². The minimum atomic E-state index is -0.416. The van der Waals surface area contributed by atoms with E-state index in [1.165, 1.54) is 24.3 Å². The van der Waals surface area contributed by atoms with Crippen molar-refractivity contribution in [3.05, 3.63) is 100 Å². The lowest BCUT2D eigenvalue weighted by Crippen LogP contribution is -2.12. The Hall–Kier alpha value is -3.58. The van der Waals surface area contributed by atoms with E-state index in [9.17, 15) is 9.18 Å². The Kier molecular flexibility index (Phi) is 6.04. The number of furan rings is 1. The Labute approximate surface area is 183 Å². The Balaban J connectivity index is 1.37. The highest BCUT2D eigenvalue weighted by Crippen LogP contribution is 2.18. The molecule has 0 aliphatic carbocycles. The van der Waals surface area contributed by atoms with Crippen LogP contribution in [0.5, 0.6) is 5.75 Å². The SMILES string of the molecule is Cc1cc(NC(=O)c2ccc(COc3ccc(F)cc3)o2)nn1Cc1cccc(Cl)c1. The molecule has 31 heavy (non-hydrogen) atoms. The van der Waals surface area contributed by atoms with Gasteiger partial charge in [-0.1, -0.05) is 23.7 Å².